The molecule has 1 rings (SSSR count). The van der Waals surface area contributed by atoms with E-state index in [2.05, 4.69) is 16.0 Å². The average molecular weight is 523 g/mol. The fourth-order valence-electron chi connectivity index (χ4n) is 3.34. The molecule has 13 heteroatoms. The maximum Gasteiger partial charge on any atom is 0.326 e. The van der Waals surface area contributed by atoms with Crippen LogP contribution in [0.5, 0.6) is 0 Å². The van der Waals surface area contributed by atoms with Crippen LogP contribution in [0.25, 0.3) is 0 Å². The Morgan fingerprint density at radius 2 is 1.41 bits per heavy atom. The topological polar surface area (TPSA) is 225 Å². The first kappa shape index (κ1) is 31.0. The summed E-state index contributed by atoms with van der Waals surface area (Å²) in [4.78, 5) is 72.1. The number of carboxylic acids is 3. The van der Waals surface area contributed by atoms with E-state index in [0.29, 0.717) is 12.0 Å². The highest BCUT2D eigenvalue weighted by Gasteiger charge is 2.33. The Morgan fingerprint density at radius 1 is 0.838 bits per heavy atom. The Hall–Kier alpha value is -4.00. The van der Waals surface area contributed by atoms with Crippen molar-refractivity contribution in [1.29, 1.82) is 0 Å². The van der Waals surface area contributed by atoms with Crippen molar-refractivity contribution in [3.8, 4) is 0 Å². The molecule has 0 aromatic heterocycles. The molecule has 13 nitrogen and oxygen atoms in total. The number of carboxylic acid groups (broad SMARTS) is 3. The van der Waals surface area contributed by atoms with Gasteiger partial charge in [0.25, 0.3) is 0 Å². The summed E-state index contributed by atoms with van der Waals surface area (Å²) in [6, 6.07) is 3.07. The molecular formula is C24H34N4O9. The zero-order valence-electron chi connectivity index (χ0n) is 20.7. The van der Waals surface area contributed by atoms with E-state index in [9.17, 15) is 39.0 Å². The van der Waals surface area contributed by atoms with Crippen molar-refractivity contribution in [2.24, 2.45) is 11.7 Å². The zero-order chi connectivity index (χ0) is 28.1. The van der Waals surface area contributed by atoms with Gasteiger partial charge in [0.1, 0.15) is 18.1 Å². The van der Waals surface area contributed by atoms with Crippen molar-refractivity contribution in [2.75, 3.05) is 0 Å². The molecule has 0 saturated heterocycles. The van der Waals surface area contributed by atoms with Crippen LogP contribution in [-0.4, -0.2) is 75.1 Å². The molecule has 0 aliphatic rings. The van der Waals surface area contributed by atoms with Crippen LogP contribution in [0.2, 0.25) is 0 Å². The number of hydrogen-bond donors (Lipinski definition) is 7. The zero-order valence-corrected chi connectivity index (χ0v) is 20.7. The quantitative estimate of drug-likeness (QED) is 0.147. The molecule has 0 fully saturated rings. The third-order valence-corrected chi connectivity index (χ3v) is 5.71. The SMILES string of the molecule is CCC(C)C(NC(=O)C(Cc1ccccc1)NC(=O)C(CC(=O)O)NC(=O)C(N)CCC(=O)O)C(=O)O. The molecule has 37 heavy (non-hydrogen) atoms. The van der Waals surface area contributed by atoms with Crippen LogP contribution in [0.1, 0.15) is 45.1 Å². The second-order valence-electron chi connectivity index (χ2n) is 8.66. The summed E-state index contributed by atoms with van der Waals surface area (Å²) in [6.07, 6.45) is -1.08. The molecule has 0 saturated carbocycles. The minimum absolute atomic E-state index is 0.0445. The largest absolute Gasteiger partial charge is 0.481 e. The van der Waals surface area contributed by atoms with Crippen LogP contribution in [0.15, 0.2) is 30.3 Å². The molecule has 3 amide bonds. The standard InChI is InChI=1S/C24H34N4O9/c1-3-13(2)20(24(36)37)28-23(35)16(11-14-7-5-4-6-8-14)27-22(34)17(12-19(31)32)26-21(33)15(25)9-10-18(29)30/h4-8,13,15-17,20H,3,9-12,25H2,1-2H3,(H,26,33)(H,27,34)(H,28,35)(H,29,30)(H,31,32)(H,36,37). The highest BCUT2D eigenvalue weighted by Crippen LogP contribution is 2.10. The van der Waals surface area contributed by atoms with Gasteiger partial charge in [-0.15, -0.1) is 0 Å². The molecule has 5 atom stereocenters. The second-order valence-corrected chi connectivity index (χ2v) is 8.66. The van der Waals surface area contributed by atoms with Gasteiger partial charge in [0.05, 0.1) is 12.5 Å². The summed E-state index contributed by atoms with van der Waals surface area (Å²) in [7, 11) is 0. The van der Waals surface area contributed by atoms with Gasteiger partial charge in [-0.25, -0.2) is 4.79 Å². The van der Waals surface area contributed by atoms with E-state index in [1.54, 1.807) is 44.2 Å². The van der Waals surface area contributed by atoms with E-state index in [1.807, 2.05) is 0 Å². The first-order chi connectivity index (χ1) is 17.3. The van der Waals surface area contributed by atoms with Crippen LogP contribution in [-0.2, 0) is 35.2 Å². The van der Waals surface area contributed by atoms with E-state index in [4.69, 9.17) is 10.8 Å². The maximum atomic E-state index is 13.1. The molecule has 0 aliphatic heterocycles. The summed E-state index contributed by atoms with van der Waals surface area (Å²) in [6.45, 7) is 3.41. The number of rotatable bonds is 16. The highest BCUT2D eigenvalue weighted by atomic mass is 16.4. The van der Waals surface area contributed by atoms with Gasteiger partial charge in [-0.3, -0.25) is 24.0 Å². The van der Waals surface area contributed by atoms with Gasteiger partial charge in [-0.2, -0.15) is 0 Å². The predicted octanol–water partition coefficient (Wildman–Crippen LogP) is -0.519. The van der Waals surface area contributed by atoms with Crippen LogP contribution in [0, 0.1) is 5.92 Å². The number of hydrogen-bond acceptors (Lipinski definition) is 7. The Balaban J connectivity index is 3.13. The lowest BCUT2D eigenvalue weighted by molar-refractivity contribution is -0.144. The molecule has 0 radical (unpaired) electrons. The average Bonchev–Trinajstić information content (AvgIpc) is 2.84. The van der Waals surface area contributed by atoms with Crippen molar-refractivity contribution < 1.29 is 44.1 Å². The Morgan fingerprint density at radius 3 is 1.92 bits per heavy atom. The minimum Gasteiger partial charge on any atom is -0.481 e. The Kier molecular flexibility index (Phi) is 12.7. The van der Waals surface area contributed by atoms with Crippen LogP contribution in [0.3, 0.4) is 0 Å². The first-order valence-electron chi connectivity index (χ1n) is 11.7. The molecule has 0 heterocycles. The normalized spacial score (nSPS) is 14.8. The van der Waals surface area contributed by atoms with Crippen molar-refractivity contribution in [3.05, 3.63) is 35.9 Å². The number of aliphatic carboxylic acids is 3. The van der Waals surface area contributed by atoms with Crippen LogP contribution in [0.4, 0.5) is 0 Å². The molecule has 1 aromatic rings. The summed E-state index contributed by atoms with van der Waals surface area (Å²) in [5.74, 6) is -7.02. The van der Waals surface area contributed by atoms with Crippen molar-refractivity contribution >= 4 is 35.6 Å². The minimum atomic E-state index is -1.63. The fraction of sp³-hybridized carbons (Fsp3) is 0.500. The van der Waals surface area contributed by atoms with E-state index in [1.165, 1.54) is 0 Å². The Labute approximate surface area is 213 Å². The maximum absolute atomic E-state index is 13.1. The number of carbonyl (C=O) groups is 6. The Bertz CT molecular complexity index is 970. The molecule has 204 valence electrons. The van der Waals surface area contributed by atoms with Gasteiger partial charge in [0, 0.05) is 12.8 Å². The molecule has 8 N–H and O–H groups in total. The van der Waals surface area contributed by atoms with Crippen molar-refractivity contribution in [3.63, 3.8) is 0 Å². The van der Waals surface area contributed by atoms with Gasteiger partial charge in [-0.1, -0.05) is 50.6 Å². The smallest absolute Gasteiger partial charge is 0.326 e. The first-order valence-corrected chi connectivity index (χ1v) is 11.7. The summed E-state index contributed by atoms with van der Waals surface area (Å²) in [5.41, 5.74) is 6.28. The van der Waals surface area contributed by atoms with Crippen molar-refractivity contribution in [2.45, 2.75) is 70.1 Å². The summed E-state index contributed by atoms with van der Waals surface area (Å²) in [5, 5.41) is 34.5. The van der Waals surface area contributed by atoms with E-state index in [-0.39, 0.29) is 12.8 Å². The van der Waals surface area contributed by atoms with Gasteiger partial charge in [-0.05, 0) is 17.9 Å². The van der Waals surface area contributed by atoms with Gasteiger partial charge in [0.2, 0.25) is 17.7 Å². The van der Waals surface area contributed by atoms with E-state index >= 15 is 0 Å². The molecule has 1 aromatic carbocycles. The van der Waals surface area contributed by atoms with Gasteiger partial charge < -0.3 is 37.0 Å². The lowest BCUT2D eigenvalue weighted by atomic mass is 9.98. The van der Waals surface area contributed by atoms with Crippen LogP contribution >= 0.6 is 0 Å². The molecule has 5 unspecified atom stereocenters. The third kappa shape index (κ3) is 11.1. The lowest BCUT2D eigenvalue weighted by Crippen LogP contribution is -2.58. The van der Waals surface area contributed by atoms with Gasteiger partial charge >= 0.3 is 17.9 Å². The monoisotopic (exact) mass is 522 g/mol. The second kappa shape index (κ2) is 15.2. The van der Waals surface area contributed by atoms with Crippen LogP contribution < -0.4 is 21.7 Å². The summed E-state index contributed by atoms with van der Waals surface area (Å²) >= 11 is 0. The predicted molar refractivity (Wildman–Crippen MR) is 130 cm³/mol. The van der Waals surface area contributed by atoms with Crippen molar-refractivity contribution in [1.82, 2.24) is 16.0 Å². The van der Waals surface area contributed by atoms with E-state index in [0.717, 1.165) is 0 Å². The number of benzene rings is 1. The lowest BCUT2D eigenvalue weighted by Gasteiger charge is -2.26. The molecule has 0 spiro atoms. The molecule has 0 bridgehead atoms. The highest BCUT2D eigenvalue weighted by molar-refractivity contribution is 5.95. The summed E-state index contributed by atoms with van der Waals surface area (Å²) < 4.78 is 0. The van der Waals surface area contributed by atoms with E-state index < -0.39 is 78.6 Å². The molecular weight excluding hydrogens is 488 g/mol. The number of nitrogens with two attached hydrogens (primary N) is 1. The third-order valence-electron chi connectivity index (χ3n) is 5.71. The van der Waals surface area contributed by atoms with Gasteiger partial charge in [0.15, 0.2) is 0 Å². The number of nitrogens with one attached hydrogen (secondary N) is 3. The fourth-order valence-corrected chi connectivity index (χ4v) is 3.34. The number of amides is 3. The number of carbonyl (C=O) groups excluding carboxylic acids is 3. The molecule has 0 aliphatic carbocycles.